The van der Waals surface area contributed by atoms with E-state index in [1.165, 1.54) is 0 Å². The van der Waals surface area contributed by atoms with Gasteiger partial charge in [-0.2, -0.15) is 0 Å². The zero-order chi connectivity index (χ0) is 12.4. The minimum atomic E-state index is 0.00788. The van der Waals surface area contributed by atoms with E-state index >= 15 is 0 Å². The molecule has 88 valence electrons. The first-order chi connectivity index (χ1) is 8.15. The number of carbonyl (C=O) groups excluding carboxylic acids is 1. The highest BCUT2D eigenvalue weighted by Crippen LogP contribution is 2.33. The molecule has 0 bridgehead atoms. The van der Waals surface area contributed by atoms with Crippen LogP contribution in [-0.4, -0.2) is 19.6 Å². The second-order valence-electron chi connectivity index (χ2n) is 4.25. The van der Waals surface area contributed by atoms with Gasteiger partial charge in [0.25, 0.3) is 0 Å². The van der Waals surface area contributed by atoms with E-state index < -0.39 is 0 Å². The van der Waals surface area contributed by atoms with Crippen molar-refractivity contribution in [1.29, 1.82) is 0 Å². The third-order valence-electron chi connectivity index (χ3n) is 2.99. The second-order valence-corrected chi connectivity index (χ2v) is 4.25. The van der Waals surface area contributed by atoms with Gasteiger partial charge in [0.05, 0.1) is 12.8 Å². The molecule has 0 saturated carbocycles. The van der Waals surface area contributed by atoms with Crippen molar-refractivity contribution < 1.29 is 9.53 Å². The Labute approximate surface area is 101 Å². The van der Waals surface area contributed by atoms with Crippen LogP contribution in [0, 0.1) is 25.2 Å². The predicted molar refractivity (Wildman–Crippen MR) is 67.0 cm³/mol. The van der Waals surface area contributed by atoms with Crippen LogP contribution in [0.25, 0.3) is 0 Å². The average molecular weight is 229 g/mol. The van der Waals surface area contributed by atoms with E-state index in [4.69, 9.17) is 11.2 Å². The second kappa shape index (κ2) is 4.50. The molecule has 3 nitrogen and oxygen atoms in total. The van der Waals surface area contributed by atoms with Gasteiger partial charge >= 0.3 is 0 Å². The van der Waals surface area contributed by atoms with Gasteiger partial charge in [0.2, 0.25) is 5.91 Å². The lowest BCUT2D eigenvalue weighted by molar-refractivity contribution is -0.117. The summed E-state index contributed by atoms with van der Waals surface area (Å²) in [4.78, 5) is 13.6. The van der Waals surface area contributed by atoms with E-state index in [0.29, 0.717) is 13.0 Å². The number of anilines is 1. The predicted octanol–water partition coefficient (Wildman–Crippen LogP) is 1.99. The molecule has 1 aliphatic rings. The fourth-order valence-corrected chi connectivity index (χ4v) is 2.06. The minimum Gasteiger partial charge on any atom is -0.495 e. The van der Waals surface area contributed by atoms with Crippen LogP contribution in [-0.2, 0) is 4.79 Å². The van der Waals surface area contributed by atoms with Crippen LogP contribution >= 0.6 is 0 Å². The first kappa shape index (κ1) is 11.5. The van der Waals surface area contributed by atoms with Gasteiger partial charge in [-0.05, 0) is 24.6 Å². The molecule has 1 unspecified atom stereocenters. The topological polar surface area (TPSA) is 29.5 Å². The molecule has 0 radical (unpaired) electrons. The lowest BCUT2D eigenvalue weighted by Crippen LogP contribution is -2.24. The SMILES string of the molecule is C#CC1CC(=O)N(c2ccc(C)cc2OC)C1. The molecule has 17 heavy (non-hydrogen) atoms. The van der Waals surface area contributed by atoms with Gasteiger partial charge in [-0.15, -0.1) is 12.3 Å². The Morgan fingerprint density at radius 1 is 1.53 bits per heavy atom. The first-order valence-corrected chi connectivity index (χ1v) is 5.57. The van der Waals surface area contributed by atoms with Crippen LogP contribution in [0.3, 0.4) is 0 Å². The van der Waals surface area contributed by atoms with Gasteiger partial charge in [0.15, 0.2) is 0 Å². The van der Waals surface area contributed by atoms with Crippen molar-refractivity contribution >= 4 is 11.6 Å². The molecule has 1 amide bonds. The van der Waals surface area contributed by atoms with Crippen molar-refractivity contribution in [2.24, 2.45) is 5.92 Å². The quantitative estimate of drug-likeness (QED) is 0.726. The lowest BCUT2D eigenvalue weighted by Gasteiger charge is -2.19. The molecular weight excluding hydrogens is 214 g/mol. The smallest absolute Gasteiger partial charge is 0.228 e. The van der Waals surface area contributed by atoms with E-state index in [0.717, 1.165) is 17.0 Å². The number of hydrogen-bond donors (Lipinski definition) is 0. The molecule has 2 rings (SSSR count). The maximum absolute atomic E-state index is 11.9. The van der Waals surface area contributed by atoms with Crippen molar-refractivity contribution in [3.63, 3.8) is 0 Å². The Morgan fingerprint density at radius 2 is 2.29 bits per heavy atom. The summed E-state index contributed by atoms with van der Waals surface area (Å²) < 4.78 is 5.31. The lowest BCUT2D eigenvalue weighted by atomic mass is 10.1. The Bertz CT molecular complexity index is 487. The van der Waals surface area contributed by atoms with E-state index in [1.54, 1.807) is 12.0 Å². The summed E-state index contributed by atoms with van der Waals surface area (Å²) in [5.74, 6) is 3.43. The number of hydrogen-bond acceptors (Lipinski definition) is 2. The molecule has 3 heteroatoms. The summed E-state index contributed by atoms with van der Waals surface area (Å²) in [7, 11) is 1.61. The van der Waals surface area contributed by atoms with E-state index in [9.17, 15) is 4.79 Å². The molecule has 1 aromatic carbocycles. The fraction of sp³-hybridized carbons (Fsp3) is 0.357. The summed E-state index contributed by atoms with van der Waals surface area (Å²) in [6, 6.07) is 5.80. The zero-order valence-electron chi connectivity index (χ0n) is 10.1. The first-order valence-electron chi connectivity index (χ1n) is 5.57. The van der Waals surface area contributed by atoms with Crippen LogP contribution < -0.4 is 9.64 Å². The number of rotatable bonds is 2. The van der Waals surface area contributed by atoms with Crippen LogP contribution in [0.2, 0.25) is 0 Å². The van der Waals surface area contributed by atoms with Gasteiger partial charge in [-0.1, -0.05) is 6.07 Å². The van der Waals surface area contributed by atoms with E-state index in [1.807, 2.05) is 25.1 Å². The minimum absolute atomic E-state index is 0.00788. The van der Waals surface area contributed by atoms with Crippen LogP contribution in [0.1, 0.15) is 12.0 Å². The third-order valence-corrected chi connectivity index (χ3v) is 2.99. The van der Waals surface area contributed by atoms with Crippen molar-refractivity contribution in [2.75, 3.05) is 18.6 Å². The number of ether oxygens (including phenoxy) is 1. The van der Waals surface area contributed by atoms with Gasteiger partial charge < -0.3 is 9.64 Å². The Morgan fingerprint density at radius 3 is 2.88 bits per heavy atom. The number of amides is 1. The summed E-state index contributed by atoms with van der Waals surface area (Å²) in [5, 5.41) is 0. The van der Waals surface area contributed by atoms with Crippen molar-refractivity contribution in [3.05, 3.63) is 23.8 Å². The molecule has 1 atom stereocenters. The molecule has 0 aliphatic carbocycles. The standard InChI is InChI=1S/C14H15NO2/c1-4-11-8-14(16)15(9-11)12-6-5-10(2)7-13(12)17-3/h1,5-7,11H,8-9H2,2-3H3. The highest BCUT2D eigenvalue weighted by Gasteiger charge is 2.30. The number of methoxy groups -OCH3 is 1. The summed E-state index contributed by atoms with van der Waals surface area (Å²) in [6.07, 6.45) is 5.79. The number of nitrogens with zero attached hydrogens (tertiary/aromatic N) is 1. The van der Waals surface area contributed by atoms with Gasteiger partial charge in [-0.25, -0.2) is 0 Å². The number of terminal acetylenes is 1. The molecule has 0 N–H and O–H groups in total. The van der Waals surface area contributed by atoms with Crippen molar-refractivity contribution in [2.45, 2.75) is 13.3 Å². The maximum atomic E-state index is 11.9. The van der Waals surface area contributed by atoms with E-state index in [-0.39, 0.29) is 11.8 Å². The summed E-state index contributed by atoms with van der Waals surface area (Å²) in [5.41, 5.74) is 1.91. The Balaban J connectivity index is 2.35. The van der Waals surface area contributed by atoms with E-state index in [2.05, 4.69) is 5.92 Å². The molecule has 1 fully saturated rings. The average Bonchev–Trinajstić information content (AvgIpc) is 2.70. The maximum Gasteiger partial charge on any atom is 0.228 e. The normalized spacial score (nSPS) is 19.2. The molecule has 0 spiro atoms. The van der Waals surface area contributed by atoms with Gasteiger partial charge in [-0.3, -0.25) is 4.79 Å². The van der Waals surface area contributed by atoms with Crippen molar-refractivity contribution in [3.8, 4) is 18.1 Å². The summed E-state index contributed by atoms with van der Waals surface area (Å²) in [6.45, 7) is 2.57. The monoisotopic (exact) mass is 229 g/mol. The van der Waals surface area contributed by atoms with Crippen LogP contribution in [0.5, 0.6) is 5.75 Å². The Hall–Kier alpha value is -1.95. The molecule has 1 saturated heterocycles. The highest BCUT2D eigenvalue weighted by atomic mass is 16.5. The fourth-order valence-electron chi connectivity index (χ4n) is 2.06. The molecule has 0 aromatic heterocycles. The summed E-state index contributed by atoms with van der Waals surface area (Å²) >= 11 is 0. The highest BCUT2D eigenvalue weighted by molar-refractivity contribution is 5.97. The molecular formula is C14H15NO2. The number of aryl methyl sites for hydroxylation is 1. The van der Waals surface area contributed by atoms with Gasteiger partial charge in [0.1, 0.15) is 5.75 Å². The zero-order valence-corrected chi connectivity index (χ0v) is 10.1. The number of carbonyl (C=O) groups is 1. The van der Waals surface area contributed by atoms with Crippen LogP contribution in [0.15, 0.2) is 18.2 Å². The third kappa shape index (κ3) is 2.12. The van der Waals surface area contributed by atoms with Crippen molar-refractivity contribution in [1.82, 2.24) is 0 Å². The number of benzene rings is 1. The largest absolute Gasteiger partial charge is 0.495 e. The molecule has 1 heterocycles. The Kier molecular flexibility index (Phi) is 3.06. The molecule has 1 aliphatic heterocycles. The molecule has 1 aromatic rings. The van der Waals surface area contributed by atoms with Crippen LogP contribution in [0.4, 0.5) is 5.69 Å². The van der Waals surface area contributed by atoms with Gasteiger partial charge in [0, 0.05) is 18.9 Å².